The molecule has 1 fully saturated rings. The number of ether oxygens (including phenoxy) is 1. The zero-order valence-corrected chi connectivity index (χ0v) is 19.3. The van der Waals surface area contributed by atoms with E-state index in [0.29, 0.717) is 36.9 Å². The van der Waals surface area contributed by atoms with E-state index in [1.807, 2.05) is 24.9 Å². The number of methoxy groups -OCH3 is 1. The minimum absolute atomic E-state index is 0.0679. The van der Waals surface area contributed by atoms with Gasteiger partial charge in [0, 0.05) is 31.7 Å². The second-order valence-electron chi connectivity index (χ2n) is 8.59. The summed E-state index contributed by atoms with van der Waals surface area (Å²) >= 11 is 6.61. The molecule has 0 saturated carbocycles. The van der Waals surface area contributed by atoms with Crippen molar-refractivity contribution in [1.82, 2.24) is 9.97 Å². The molecule has 0 atom stereocenters. The van der Waals surface area contributed by atoms with Gasteiger partial charge in [0.1, 0.15) is 17.4 Å². The molecule has 0 amide bonds. The number of benzene rings is 1. The van der Waals surface area contributed by atoms with Gasteiger partial charge in [-0.05, 0) is 62.8 Å². The molecule has 31 heavy (non-hydrogen) atoms. The van der Waals surface area contributed by atoms with E-state index in [-0.39, 0.29) is 11.3 Å². The Bertz CT molecular complexity index is 1070. The van der Waals surface area contributed by atoms with Crippen molar-refractivity contribution < 1.29 is 9.53 Å². The Morgan fingerprint density at radius 3 is 2.61 bits per heavy atom. The first kappa shape index (κ1) is 21.7. The first-order chi connectivity index (χ1) is 14.8. The number of aromatic amines is 1. The van der Waals surface area contributed by atoms with Gasteiger partial charge >= 0.3 is 0 Å². The van der Waals surface area contributed by atoms with Gasteiger partial charge in [0.25, 0.3) is 5.56 Å². The van der Waals surface area contributed by atoms with Gasteiger partial charge in [0.2, 0.25) is 5.95 Å². The maximum atomic E-state index is 13.0. The summed E-state index contributed by atoms with van der Waals surface area (Å²) in [6, 6.07) is 3.64. The van der Waals surface area contributed by atoms with E-state index in [9.17, 15) is 9.59 Å². The van der Waals surface area contributed by atoms with E-state index in [2.05, 4.69) is 9.88 Å². The van der Waals surface area contributed by atoms with Crippen molar-refractivity contribution in [2.45, 2.75) is 44.9 Å². The van der Waals surface area contributed by atoms with E-state index >= 15 is 0 Å². The van der Waals surface area contributed by atoms with Crippen molar-refractivity contribution in [3.63, 3.8) is 0 Å². The van der Waals surface area contributed by atoms with Gasteiger partial charge in [-0.3, -0.25) is 14.6 Å². The normalized spacial score (nSPS) is 18.0. The molecule has 0 spiro atoms. The van der Waals surface area contributed by atoms with Gasteiger partial charge in [-0.1, -0.05) is 11.6 Å². The van der Waals surface area contributed by atoms with Gasteiger partial charge in [0.15, 0.2) is 0 Å². The summed E-state index contributed by atoms with van der Waals surface area (Å²) in [6.45, 7) is 5.67. The first-order valence-corrected chi connectivity index (χ1v) is 11.1. The van der Waals surface area contributed by atoms with Crippen LogP contribution in [0.1, 0.15) is 42.9 Å². The third-order valence-corrected chi connectivity index (χ3v) is 7.23. The third kappa shape index (κ3) is 3.59. The molecule has 1 N–H and O–H groups in total. The highest BCUT2D eigenvalue weighted by Gasteiger charge is 2.43. The molecule has 0 bridgehead atoms. The number of Topliss-reactive ketones (excluding diaryl/α,β-unsaturated/α-hetero) is 1. The Morgan fingerprint density at radius 1 is 1.26 bits per heavy atom. The quantitative estimate of drug-likeness (QED) is 0.779. The molecule has 2 aliphatic heterocycles. The number of anilines is 2. The summed E-state index contributed by atoms with van der Waals surface area (Å²) in [7, 11) is 3.59. The lowest BCUT2D eigenvalue weighted by molar-refractivity contribution is -0.123. The Labute approximate surface area is 187 Å². The van der Waals surface area contributed by atoms with Crippen LogP contribution in [0.15, 0.2) is 16.9 Å². The highest BCUT2D eigenvalue weighted by Crippen LogP contribution is 2.44. The maximum Gasteiger partial charge on any atom is 0.257 e. The van der Waals surface area contributed by atoms with Crippen LogP contribution in [0.2, 0.25) is 5.02 Å². The number of hydrogen-bond donors (Lipinski definition) is 1. The van der Waals surface area contributed by atoms with Crippen LogP contribution in [0, 0.1) is 6.92 Å². The van der Waals surface area contributed by atoms with Crippen LogP contribution in [-0.2, 0) is 16.6 Å². The molecule has 2 aliphatic rings. The van der Waals surface area contributed by atoms with Crippen LogP contribution >= 0.6 is 11.6 Å². The predicted molar refractivity (Wildman–Crippen MR) is 123 cm³/mol. The van der Waals surface area contributed by atoms with Crippen molar-refractivity contribution in [3.8, 4) is 5.75 Å². The Hall–Kier alpha value is -2.54. The van der Waals surface area contributed by atoms with Crippen LogP contribution in [0.4, 0.5) is 11.8 Å². The number of hydrogen-bond acceptors (Lipinski definition) is 6. The van der Waals surface area contributed by atoms with Crippen LogP contribution in [0.5, 0.6) is 5.75 Å². The number of ketones is 1. The van der Waals surface area contributed by atoms with E-state index in [0.717, 1.165) is 47.6 Å². The standard InChI is InChI=1S/C23H29ClN4O3/c1-14-18(31-4)8-7-17(24)19(14)23(15(2)29)9-12-28(13-10-23)22-25-20-16(21(30)26-22)6-5-11-27(20)3/h7-8H,5-6,9-13H2,1-4H3,(H,25,26,30). The van der Waals surface area contributed by atoms with Gasteiger partial charge in [0.05, 0.1) is 18.1 Å². The number of carbonyl (C=O) groups excluding carboxylic acids is 1. The van der Waals surface area contributed by atoms with Crippen molar-refractivity contribution >= 4 is 29.2 Å². The number of nitrogens with zero attached hydrogens (tertiary/aromatic N) is 3. The van der Waals surface area contributed by atoms with Gasteiger partial charge in [-0.25, -0.2) is 0 Å². The van der Waals surface area contributed by atoms with Crippen LogP contribution in [0.25, 0.3) is 0 Å². The monoisotopic (exact) mass is 444 g/mol. The first-order valence-electron chi connectivity index (χ1n) is 10.7. The number of fused-ring (bicyclic) bond motifs is 1. The molecule has 1 aromatic heterocycles. The average Bonchev–Trinajstić information content (AvgIpc) is 2.75. The lowest BCUT2D eigenvalue weighted by atomic mass is 9.68. The second kappa shape index (κ2) is 8.19. The van der Waals surface area contributed by atoms with E-state index in [1.165, 1.54) is 0 Å². The van der Waals surface area contributed by atoms with Crippen LogP contribution < -0.4 is 20.1 Å². The molecule has 3 heterocycles. The van der Waals surface area contributed by atoms with Crippen molar-refractivity contribution in [3.05, 3.63) is 44.2 Å². The fourth-order valence-corrected chi connectivity index (χ4v) is 5.50. The zero-order valence-electron chi connectivity index (χ0n) is 18.5. The molecule has 1 saturated heterocycles. The molecule has 0 unspecified atom stereocenters. The number of aromatic nitrogens is 2. The molecule has 166 valence electrons. The molecule has 1 aromatic carbocycles. The molecule has 4 rings (SSSR count). The Balaban J connectivity index is 1.67. The van der Waals surface area contributed by atoms with Crippen molar-refractivity contribution in [2.24, 2.45) is 0 Å². The highest BCUT2D eigenvalue weighted by atomic mass is 35.5. The second-order valence-corrected chi connectivity index (χ2v) is 9.00. The van der Waals surface area contributed by atoms with Gasteiger partial charge in [-0.15, -0.1) is 0 Å². The fraction of sp³-hybridized carbons (Fsp3) is 0.522. The number of nitrogens with one attached hydrogen (secondary N) is 1. The molecule has 2 aromatic rings. The highest BCUT2D eigenvalue weighted by molar-refractivity contribution is 6.32. The summed E-state index contributed by atoms with van der Waals surface area (Å²) in [5, 5.41) is 0.587. The number of carbonyl (C=O) groups is 1. The summed E-state index contributed by atoms with van der Waals surface area (Å²) in [5.41, 5.74) is 1.76. The summed E-state index contributed by atoms with van der Waals surface area (Å²) < 4.78 is 5.49. The van der Waals surface area contributed by atoms with Gasteiger partial charge < -0.3 is 14.5 Å². The van der Waals surface area contributed by atoms with Gasteiger partial charge in [-0.2, -0.15) is 4.98 Å². The minimum Gasteiger partial charge on any atom is -0.496 e. The van der Waals surface area contributed by atoms with E-state index in [1.54, 1.807) is 20.1 Å². The smallest absolute Gasteiger partial charge is 0.257 e. The summed E-state index contributed by atoms with van der Waals surface area (Å²) in [4.78, 5) is 37.5. The average molecular weight is 445 g/mol. The fourth-order valence-electron chi connectivity index (χ4n) is 5.11. The molecular weight excluding hydrogens is 416 g/mol. The maximum absolute atomic E-state index is 13.0. The number of rotatable bonds is 4. The summed E-state index contributed by atoms with van der Waals surface area (Å²) in [5.74, 6) is 2.16. The van der Waals surface area contributed by atoms with E-state index in [4.69, 9.17) is 21.3 Å². The predicted octanol–water partition coefficient (Wildman–Crippen LogP) is 3.25. The molecule has 7 nitrogen and oxygen atoms in total. The van der Waals surface area contributed by atoms with Crippen molar-refractivity contribution in [2.75, 3.05) is 43.6 Å². The topological polar surface area (TPSA) is 78.5 Å². The zero-order chi connectivity index (χ0) is 22.3. The van der Waals surface area contributed by atoms with Crippen molar-refractivity contribution in [1.29, 1.82) is 0 Å². The number of halogens is 1. The molecular formula is C23H29ClN4O3. The van der Waals surface area contributed by atoms with E-state index < -0.39 is 5.41 Å². The molecule has 0 radical (unpaired) electrons. The molecule has 8 heteroatoms. The number of piperidine rings is 1. The number of H-pyrrole nitrogens is 1. The SMILES string of the molecule is COc1ccc(Cl)c(C2(C(C)=O)CCN(c3nc4c(c(=O)[nH]3)CCCN4C)CC2)c1C. The third-order valence-electron chi connectivity index (χ3n) is 6.92. The summed E-state index contributed by atoms with van der Waals surface area (Å²) in [6.07, 6.45) is 2.89. The van der Waals surface area contributed by atoms with Crippen LogP contribution in [0.3, 0.4) is 0 Å². The Morgan fingerprint density at radius 2 is 1.97 bits per heavy atom. The van der Waals surface area contributed by atoms with Crippen LogP contribution in [-0.4, -0.2) is 49.5 Å². The Kier molecular flexibility index (Phi) is 5.73. The lowest BCUT2D eigenvalue weighted by Crippen LogP contribution is -2.48. The molecule has 0 aliphatic carbocycles. The lowest BCUT2D eigenvalue weighted by Gasteiger charge is -2.42. The minimum atomic E-state index is -0.683. The largest absolute Gasteiger partial charge is 0.496 e.